The highest BCUT2D eigenvalue weighted by Gasteiger charge is 2.22. The van der Waals surface area contributed by atoms with Gasteiger partial charge in [-0.25, -0.2) is 0 Å². The summed E-state index contributed by atoms with van der Waals surface area (Å²) < 4.78 is 53.8. The minimum absolute atomic E-state index is 0.243. The Balaban J connectivity index is 1.64. The van der Waals surface area contributed by atoms with E-state index in [4.69, 9.17) is 47.4 Å². The molecule has 0 bridgehead atoms. The van der Waals surface area contributed by atoms with Crippen LogP contribution in [0.15, 0.2) is 12.2 Å². The monoisotopic (exact) mass is 565 g/mol. The van der Waals surface area contributed by atoms with Gasteiger partial charge >= 0.3 is 0 Å². The maximum Gasteiger partial charge on any atom is 0.253 e. The Morgan fingerprint density at radius 2 is 0.641 bits per heavy atom. The topological polar surface area (TPSA) is 130 Å². The number of hydrogen-bond acceptors (Lipinski definition) is 12. The summed E-state index contributed by atoms with van der Waals surface area (Å²) in [4.78, 5) is 23.9. The summed E-state index contributed by atoms with van der Waals surface area (Å²) in [5, 5.41) is 0. The second-order valence-electron chi connectivity index (χ2n) is 7.87. The molecular weight excluding hydrogens is 518 g/mol. The molecule has 13 heteroatoms. The molecule has 0 aromatic heterocycles. The molecule has 0 spiro atoms. The third kappa shape index (κ3) is 22.9. The number of carbonyl (C=O) groups is 2. The molecule has 2 amide bonds. The summed E-state index contributed by atoms with van der Waals surface area (Å²) in [6, 6.07) is 0. The van der Waals surface area contributed by atoms with Gasteiger partial charge in [0.1, 0.15) is 0 Å². The van der Waals surface area contributed by atoms with E-state index in [0.29, 0.717) is 126 Å². The fraction of sp³-hybridized carbons (Fsp3) is 0.846. The van der Waals surface area contributed by atoms with Crippen LogP contribution in [0.4, 0.5) is 0 Å². The molecule has 0 saturated carbocycles. The maximum absolute atomic E-state index is 11.4. The predicted octanol–water partition coefficient (Wildman–Crippen LogP) is 0.0973. The van der Waals surface area contributed by atoms with Gasteiger partial charge in [-0.2, -0.15) is 0 Å². The summed E-state index contributed by atoms with van der Waals surface area (Å²) in [6.45, 7) is 12.2. The van der Waals surface area contributed by atoms with Crippen molar-refractivity contribution in [2.75, 3.05) is 139 Å². The molecule has 0 fully saturated rings. The first kappa shape index (κ1) is 35.5. The van der Waals surface area contributed by atoms with E-state index < -0.39 is 0 Å². The van der Waals surface area contributed by atoms with Crippen molar-refractivity contribution in [1.82, 2.24) is 4.90 Å². The van der Waals surface area contributed by atoms with Crippen molar-refractivity contribution in [3.8, 4) is 0 Å². The largest absolute Gasteiger partial charge is 0.379 e. The number of rotatable bonds is 31. The summed E-state index contributed by atoms with van der Waals surface area (Å²) >= 11 is 0. The zero-order valence-electron chi connectivity index (χ0n) is 23.4. The van der Waals surface area contributed by atoms with E-state index >= 15 is 0 Å². The molecule has 1 aliphatic rings. The van der Waals surface area contributed by atoms with Gasteiger partial charge in [-0.05, 0) is 6.92 Å². The molecule has 0 aromatic rings. The lowest BCUT2D eigenvalue weighted by atomic mass is 10.5. The molecule has 0 aliphatic carbocycles. The average Bonchev–Trinajstić information content (AvgIpc) is 3.26. The Kier molecular flexibility index (Phi) is 25.5. The molecule has 13 nitrogen and oxygen atoms in total. The van der Waals surface area contributed by atoms with E-state index in [1.165, 1.54) is 12.2 Å². The Hall–Kier alpha value is -1.52. The van der Waals surface area contributed by atoms with Gasteiger partial charge in [-0.1, -0.05) is 0 Å². The first-order chi connectivity index (χ1) is 19.3. The van der Waals surface area contributed by atoms with Crippen LogP contribution in [0.5, 0.6) is 0 Å². The Labute approximate surface area is 231 Å². The Morgan fingerprint density at radius 3 is 0.897 bits per heavy atom. The van der Waals surface area contributed by atoms with Crippen LogP contribution in [-0.4, -0.2) is 155 Å². The van der Waals surface area contributed by atoms with Crippen LogP contribution >= 0.6 is 0 Å². The number of imide groups is 1. The van der Waals surface area contributed by atoms with Crippen molar-refractivity contribution in [1.29, 1.82) is 0 Å². The summed E-state index contributed by atoms with van der Waals surface area (Å²) in [5.41, 5.74) is 0. The summed E-state index contributed by atoms with van der Waals surface area (Å²) in [5.74, 6) is -0.608. The lowest BCUT2D eigenvalue weighted by Crippen LogP contribution is -2.33. The second-order valence-corrected chi connectivity index (χ2v) is 7.87. The van der Waals surface area contributed by atoms with Crippen molar-refractivity contribution in [3.63, 3.8) is 0 Å². The summed E-state index contributed by atoms with van der Waals surface area (Å²) in [6.07, 6.45) is 2.51. The minimum atomic E-state index is -0.304. The predicted molar refractivity (Wildman–Crippen MR) is 140 cm³/mol. The quantitative estimate of drug-likeness (QED) is 0.0835. The minimum Gasteiger partial charge on any atom is -0.379 e. The lowest BCUT2D eigenvalue weighted by Gasteiger charge is -2.13. The molecule has 1 rings (SSSR count). The van der Waals surface area contributed by atoms with Crippen LogP contribution in [-0.2, 0) is 57.0 Å². The van der Waals surface area contributed by atoms with Gasteiger partial charge < -0.3 is 47.4 Å². The first-order valence-electron chi connectivity index (χ1n) is 13.6. The van der Waals surface area contributed by atoms with E-state index in [1.807, 2.05) is 6.92 Å². The lowest BCUT2D eigenvalue weighted by molar-refractivity contribution is -0.137. The van der Waals surface area contributed by atoms with Crippen LogP contribution < -0.4 is 0 Å². The van der Waals surface area contributed by atoms with Crippen molar-refractivity contribution in [3.05, 3.63) is 12.2 Å². The van der Waals surface area contributed by atoms with Gasteiger partial charge in [0.15, 0.2) is 0 Å². The fourth-order valence-electron chi connectivity index (χ4n) is 2.93. The molecule has 0 atom stereocenters. The molecule has 0 N–H and O–H groups in total. The summed E-state index contributed by atoms with van der Waals surface area (Å²) in [7, 11) is 0. The highest BCUT2D eigenvalue weighted by atomic mass is 16.6. The van der Waals surface area contributed by atoms with Gasteiger partial charge in [0, 0.05) is 18.8 Å². The molecule has 0 saturated heterocycles. The second kappa shape index (κ2) is 28.0. The third-order valence-corrected chi connectivity index (χ3v) is 4.91. The van der Waals surface area contributed by atoms with Crippen molar-refractivity contribution in [2.45, 2.75) is 6.92 Å². The molecule has 1 heterocycles. The SMILES string of the molecule is CCOCCOCCOCCOCCOCCOCCOCCOCCOCCOCCN1C(=O)C=CC1=O. The Bertz CT molecular complexity index is 589. The van der Waals surface area contributed by atoms with E-state index in [-0.39, 0.29) is 25.0 Å². The van der Waals surface area contributed by atoms with E-state index in [9.17, 15) is 9.59 Å². The Morgan fingerprint density at radius 1 is 0.410 bits per heavy atom. The molecule has 228 valence electrons. The third-order valence-electron chi connectivity index (χ3n) is 4.91. The average molecular weight is 566 g/mol. The van der Waals surface area contributed by atoms with Crippen LogP contribution in [0.1, 0.15) is 6.92 Å². The standard InChI is InChI=1S/C26H47NO12/c1-2-30-7-8-32-11-12-34-15-16-36-19-20-38-23-24-39-22-21-37-18-17-35-14-13-33-10-9-31-6-5-27-25(28)3-4-26(27)29/h3-4H,2,5-24H2,1H3. The van der Waals surface area contributed by atoms with E-state index in [1.54, 1.807) is 0 Å². The van der Waals surface area contributed by atoms with Crippen LogP contribution in [0.25, 0.3) is 0 Å². The van der Waals surface area contributed by atoms with E-state index in [0.717, 1.165) is 4.90 Å². The number of amides is 2. The van der Waals surface area contributed by atoms with Gasteiger partial charge in [0.05, 0.1) is 132 Å². The van der Waals surface area contributed by atoms with Crippen molar-refractivity contribution in [2.24, 2.45) is 0 Å². The smallest absolute Gasteiger partial charge is 0.253 e. The maximum atomic E-state index is 11.4. The highest BCUT2D eigenvalue weighted by molar-refractivity contribution is 6.12. The van der Waals surface area contributed by atoms with Gasteiger partial charge in [0.25, 0.3) is 11.8 Å². The fourth-order valence-corrected chi connectivity index (χ4v) is 2.93. The van der Waals surface area contributed by atoms with Crippen LogP contribution in [0.2, 0.25) is 0 Å². The van der Waals surface area contributed by atoms with Crippen LogP contribution in [0.3, 0.4) is 0 Å². The zero-order chi connectivity index (χ0) is 28.1. The van der Waals surface area contributed by atoms with Crippen molar-refractivity contribution < 1.29 is 57.0 Å². The van der Waals surface area contributed by atoms with Crippen molar-refractivity contribution >= 4 is 11.8 Å². The first-order valence-corrected chi connectivity index (χ1v) is 13.6. The molecule has 0 radical (unpaired) electrons. The molecule has 0 unspecified atom stereocenters. The number of carbonyl (C=O) groups excluding carboxylic acids is 2. The van der Waals surface area contributed by atoms with Gasteiger partial charge in [-0.15, -0.1) is 0 Å². The molecule has 0 aromatic carbocycles. The number of ether oxygens (including phenoxy) is 10. The molecular formula is C26H47NO12. The highest BCUT2D eigenvalue weighted by Crippen LogP contribution is 2.02. The van der Waals surface area contributed by atoms with Crippen LogP contribution in [0, 0.1) is 0 Å². The van der Waals surface area contributed by atoms with Gasteiger partial charge in [-0.3, -0.25) is 14.5 Å². The van der Waals surface area contributed by atoms with E-state index in [2.05, 4.69) is 0 Å². The molecule has 1 aliphatic heterocycles. The van der Waals surface area contributed by atoms with Gasteiger partial charge in [0.2, 0.25) is 0 Å². The normalized spacial score (nSPS) is 13.3. The number of hydrogen-bond donors (Lipinski definition) is 0. The number of nitrogens with zero attached hydrogens (tertiary/aromatic N) is 1. The zero-order valence-corrected chi connectivity index (χ0v) is 23.4. The molecule has 39 heavy (non-hydrogen) atoms.